The SMILES string of the molecule is CCC(C)(C)NC(=O)CN1CCCNC(C)C1=O. The quantitative estimate of drug-likeness (QED) is 0.769. The Labute approximate surface area is 109 Å². The molecule has 0 aromatic heterocycles. The van der Waals surface area contributed by atoms with Crippen LogP contribution in [0.2, 0.25) is 0 Å². The van der Waals surface area contributed by atoms with Crippen LogP contribution in [0, 0.1) is 0 Å². The molecule has 0 aromatic rings. The molecule has 1 aliphatic rings. The van der Waals surface area contributed by atoms with Gasteiger partial charge in [0.1, 0.15) is 0 Å². The van der Waals surface area contributed by atoms with E-state index in [4.69, 9.17) is 0 Å². The number of rotatable bonds is 4. The van der Waals surface area contributed by atoms with Gasteiger partial charge in [0.25, 0.3) is 0 Å². The molecular weight excluding hydrogens is 230 g/mol. The first-order valence-corrected chi connectivity index (χ1v) is 6.69. The van der Waals surface area contributed by atoms with Crippen LogP contribution >= 0.6 is 0 Å². The van der Waals surface area contributed by atoms with Crippen molar-refractivity contribution in [2.24, 2.45) is 0 Å². The highest BCUT2D eigenvalue weighted by atomic mass is 16.2. The van der Waals surface area contributed by atoms with Crippen LogP contribution in [0.3, 0.4) is 0 Å². The van der Waals surface area contributed by atoms with Crippen molar-refractivity contribution in [3.8, 4) is 0 Å². The zero-order valence-corrected chi connectivity index (χ0v) is 11.9. The van der Waals surface area contributed by atoms with Gasteiger partial charge in [-0.2, -0.15) is 0 Å². The van der Waals surface area contributed by atoms with Gasteiger partial charge in [-0.05, 0) is 40.2 Å². The smallest absolute Gasteiger partial charge is 0.240 e. The second kappa shape index (κ2) is 6.18. The molecule has 0 radical (unpaired) electrons. The number of hydrogen-bond acceptors (Lipinski definition) is 3. The summed E-state index contributed by atoms with van der Waals surface area (Å²) in [6.45, 7) is 9.48. The molecule has 0 spiro atoms. The third-order valence-electron chi connectivity index (χ3n) is 3.43. The Balaban J connectivity index is 2.55. The molecule has 1 saturated heterocycles. The molecule has 1 heterocycles. The molecule has 2 amide bonds. The summed E-state index contributed by atoms with van der Waals surface area (Å²) in [7, 11) is 0. The summed E-state index contributed by atoms with van der Waals surface area (Å²) in [5.41, 5.74) is -0.212. The molecule has 18 heavy (non-hydrogen) atoms. The van der Waals surface area contributed by atoms with Gasteiger partial charge in [-0.3, -0.25) is 9.59 Å². The van der Waals surface area contributed by atoms with E-state index in [9.17, 15) is 9.59 Å². The standard InChI is InChI=1S/C13H25N3O2/c1-5-13(3,4)15-11(17)9-16-8-6-7-14-10(2)12(16)18/h10,14H,5-9H2,1-4H3,(H,15,17). The summed E-state index contributed by atoms with van der Waals surface area (Å²) in [6.07, 6.45) is 1.76. The minimum absolute atomic E-state index is 0.0111. The topological polar surface area (TPSA) is 61.4 Å². The van der Waals surface area contributed by atoms with Crippen LogP contribution < -0.4 is 10.6 Å². The van der Waals surface area contributed by atoms with E-state index in [1.165, 1.54) is 0 Å². The number of carbonyl (C=O) groups is 2. The second-order valence-corrected chi connectivity index (χ2v) is 5.57. The fourth-order valence-electron chi connectivity index (χ4n) is 1.90. The maximum Gasteiger partial charge on any atom is 0.240 e. The van der Waals surface area contributed by atoms with Crippen molar-refractivity contribution in [2.45, 2.75) is 52.1 Å². The van der Waals surface area contributed by atoms with Crippen LogP contribution in [0.4, 0.5) is 0 Å². The molecule has 1 aliphatic heterocycles. The van der Waals surface area contributed by atoms with Crippen molar-refractivity contribution >= 4 is 11.8 Å². The van der Waals surface area contributed by atoms with E-state index in [1.54, 1.807) is 4.90 Å². The summed E-state index contributed by atoms with van der Waals surface area (Å²) in [4.78, 5) is 25.6. The maximum absolute atomic E-state index is 12.0. The Hall–Kier alpha value is -1.10. The predicted molar refractivity (Wildman–Crippen MR) is 71.2 cm³/mol. The average Bonchev–Trinajstić information content (AvgIpc) is 2.44. The van der Waals surface area contributed by atoms with Crippen LogP contribution in [0.25, 0.3) is 0 Å². The average molecular weight is 255 g/mol. The summed E-state index contributed by atoms with van der Waals surface area (Å²) in [5, 5.41) is 6.09. The number of nitrogens with one attached hydrogen (secondary N) is 2. The van der Waals surface area contributed by atoms with Gasteiger partial charge in [0.15, 0.2) is 0 Å². The van der Waals surface area contributed by atoms with Gasteiger partial charge in [-0.15, -0.1) is 0 Å². The van der Waals surface area contributed by atoms with Crippen LogP contribution in [0.5, 0.6) is 0 Å². The number of nitrogens with zero attached hydrogens (tertiary/aromatic N) is 1. The Morgan fingerprint density at radius 1 is 1.56 bits per heavy atom. The Morgan fingerprint density at radius 3 is 2.83 bits per heavy atom. The van der Waals surface area contributed by atoms with Gasteiger partial charge in [0.05, 0.1) is 12.6 Å². The van der Waals surface area contributed by atoms with Crippen molar-refractivity contribution in [1.29, 1.82) is 0 Å². The monoisotopic (exact) mass is 255 g/mol. The lowest BCUT2D eigenvalue weighted by molar-refractivity contribution is -0.137. The molecule has 1 rings (SSSR count). The summed E-state index contributed by atoms with van der Waals surface area (Å²) in [6, 6.07) is -0.195. The van der Waals surface area contributed by atoms with E-state index in [0.717, 1.165) is 19.4 Å². The second-order valence-electron chi connectivity index (χ2n) is 5.57. The molecule has 0 aromatic carbocycles. The minimum Gasteiger partial charge on any atom is -0.350 e. The van der Waals surface area contributed by atoms with Gasteiger partial charge < -0.3 is 15.5 Å². The fourth-order valence-corrected chi connectivity index (χ4v) is 1.90. The molecule has 5 nitrogen and oxygen atoms in total. The van der Waals surface area contributed by atoms with Crippen molar-refractivity contribution in [2.75, 3.05) is 19.6 Å². The first-order chi connectivity index (χ1) is 8.35. The van der Waals surface area contributed by atoms with E-state index in [2.05, 4.69) is 10.6 Å². The Bertz CT molecular complexity index is 315. The molecule has 104 valence electrons. The third kappa shape index (κ3) is 4.29. The van der Waals surface area contributed by atoms with Gasteiger partial charge in [0, 0.05) is 12.1 Å². The highest BCUT2D eigenvalue weighted by Gasteiger charge is 2.26. The first-order valence-electron chi connectivity index (χ1n) is 6.69. The molecule has 1 fully saturated rings. The van der Waals surface area contributed by atoms with Crippen molar-refractivity contribution in [1.82, 2.24) is 15.5 Å². The molecule has 0 aliphatic carbocycles. The van der Waals surface area contributed by atoms with Crippen LogP contribution in [0.15, 0.2) is 0 Å². The largest absolute Gasteiger partial charge is 0.350 e. The van der Waals surface area contributed by atoms with E-state index in [1.807, 2.05) is 27.7 Å². The predicted octanol–water partition coefficient (Wildman–Crippen LogP) is 0.502. The van der Waals surface area contributed by atoms with Gasteiger partial charge in [-0.25, -0.2) is 0 Å². The molecule has 1 atom stereocenters. The Kier molecular flexibility index (Phi) is 5.14. The highest BCUT2D eigenvalue weighted by Crippen LogP contribution is 2.07. The first kappa shape index (κ1) is 15.0. The van der Waals surface area contributed by atoms with Crippen molar-refractivity contribution in [3.05, 3.63) is 0 Å². The fraction of sp³-hybridized carbons (Fsp3) is 0.846. The molecule has 0 bridgehead atoms. The number of hydrogen-bond donors (Lipinski definition) is 2. The third-order valence-corrected chi connectivity index (χ3v) is 3.43. The zero-order chi connectivity index (χ0) is 13.8. The number of amides is 2. The Morgan fingerprint density at radius 2 is 2.22 bits per heavy atom. The van der Waals surface area contributed by atoms with E-state index < -0.39 is 0 Å². The lowest BCUT2D eigenvalue weighted by Crippen LogP contribution is -2.50. The maximum atomic E-state index is 12.0. The lowest BCUT2D eigenvalue weighted by Gasteiger charge is -2.27. The minimum atomic E-state index is -0.212. The van der Waals surface area contributed by atoms with Crippen LogP contribution in [-0.4, -0.2) is 47.9 Å². The lowest BCUT2D eigenvalue weighted by atomic mass is 10.0. The van der Waals surface area contributed by atoms with Crippen LogP contribution in [-0.2, 0) is 9.59 Å². The molecular formula is C13H25N3O2. The van der Waals surface area contributed by atoms with E-state index >= 15 is 0 Å². The molecule has 0 saturated carbocycles. The molecule has 1 unspecified atom stereocenters. The van der Waals surface area contributed by atoms with E-state index in [0.29, 0.717) is 6.54 Å². The summed E-state index contributed by atoms with van der Waals surface area (Å²) < 4.78 is 0. The van der Waals surface area contributed by atoms with Crippen molar-refractivity contribution < 1.29 is 9.59 Å². The summed E-state index contributed by atoms with van der Waals surface area (Å²) >= 11 is 0. The molecule has 2 N–H and O–H groups in total. The van der Waals surface area contributed by atoms with Crippen molar-refractivity contribution in [3.63, 3.8) is 0 Å². The zero-order valence-electron chi connectivity index (χ0n) is 11.9. The normalized spacial score (nSPS) is 21.7. The van der Waals surface area contributed by atoms with Gasteiger partial charge >= 0.3 is 0 Å². The summed E-state index contributed by atoms with van der Waals surface area (Å²) in [5.74, 6) is -0.0683. The van der Waals surface area contributed by atoms with Gasteiger partial charge in [-0.1, -0.05) is 6.92 Å². The number of carbonyl (C=O) groups excluding carboxylic acids is 2. The van der Waals surface area contributed by atoms with Gasteiger partial charge in [0.2, 0.25) is 11.8 Å². The van der Waals surface area contributed by atoms with Crippen LogP contribution in [0.1, 0.15) is 40.5 Å². The van der Waals surface area contributed by atoms with E-state index in [-0.39, 0.29) is 29.9 Å². The molecule has 5 heteroatoms. The highest BCUT2D eigenvalue weighted by molar-refractivity contribution is 5.87.